The molecule has 0 bridgehead atoms. The predicted molar refractivity (Wildman–Crippen MR) is 94.2 cm³/mol. The molecule has 0 aromatic carbocycles. The summed E-state index contributed by atoms with van der Waals surface area (Å²) in [5.41, 5.74) is 1.37. The van der Waals surface area contributed by atoms with Gasteiger partial charge in [-0.15, -0.1) is 22.7 Å². The topological polar surface area (TPSA) is 15.3 Å². The van der Waals surface area contributed by atoms with Gasteiger partial charge >= 0.3 is 0 Å². The molecule has 21 heavy (non-hydrogen) atoms. The van der Waals surface area contributed by atoms with E-state index in [0.29, 0.717) is 6.04 Å². The Bertz CT molecular complexity index is 527. The lowest BCUT2D eigenvalue weighted by Gasteiger charge is -2.32. The molecular formula is C17H24N2S2. The number of nitrogens with zero attached hydrogens (tertiary/aromatic N) is 1. The van der Waals surface area contributed by atoms with Crippen LogP contribution in [-0.2, 0) is 6.54 Å². The van der Waals surface area contributed by atoms with Crippen molar-refractivity contribution < 1.29 is 0 Å². The van der Waals surface area contributed by atoms with Gasteiger partial charge in [-0.1, -0.05) is 12.5 Å². The number of hydrogen-bond acceptors (Lipinski definition) is 4. The summed E-state index contributed by atoms with van der Waals surface area (Å²) in [5.74, 6) is 0. The van der Waals surface area contributed by atoms with Gasteiger partial charge in [0.15, 0.2) is 0 Å². The molecule has 1 N–H and O–H groups in total. The molecule has 2 aromatic heterocycles. The second kappa shape index (κ2) is 7.54. The summed E-state index contributed by atoms with van der Waals surface area (Å²) in [6, 6.07) is 7.30. The molecule has 1 fully saturated rings. The van der Waals surface area contributed by atoms with Gasteiger partial charge in [0.25, 0.3) is 0 Å². The first-order valence-electron chi connectivity index (χ1n) is 7.89. The molecule has 1 unspecified atom stereocenters. The molecule has 1 atom stereocenters. The molecule has 3 rings (SSSR count). The first kappa shape index (κ1) is 15.2. The lowest BCUT2D eigenvalue weighted by molar-refractivity contribution is 0.171. The van der Waals surface area contributed by atoms with E-state index in [9.17, 15) is 0 Å². The third-order valence-corrected chi connectivity index (χ3v) is 6.07. The minimum absolute atomic E-state index is 0.655. The van der Waals surface area contributed by atoms with Crippen LogP contribution in [0, 0.1) is 0 Å². The maximum Gasteiger partial charge on any atom is 0.0351 e. The van der Waals surface area contributed by atoms with Crippen LogP contribution in [0.25, 0.3) is 10.4 Å². The predicted octanol–water partition coefficient (Wildman–Crippen LogP) is 4.44. The number of thiophene rings is 2. The molecule has 2 aromatic rings. The summed E-state index contributed by atoms with van der Waals surface area (Å²) in [4.78, 5) is 5.44. The summed E-state index contributed by atoms with van der Waals surface area (Å²) in [5, 5.41) is 8.05. The van der Waals surface area contributed by atoms with Gasteiger partial charge in [-0.05, 0) is 55.7 Å². The number of rotatable bonds is 6. The van der Waals surface area contributed by atoms with Crippen LogP contribution in [-0.4, -0.2) is 30.6 Å². The number of nitrogens with one attached hydrogen (secondary N) is 1. The van der Waals surface area contributed by atoms with Gasteiger partial charge in [0.05, 0.1) is 0 Å². The lowest BCUT2D eigenvalue weighted by atomic mass is 10.1. The lowest BCUT2D eigenvalue weighted by Crippen LogP contribution is -2.42. The normalized spacial score (nSPS) is 18.0. The van der Waals surface area contributed by atoms with Crippen molar-refractivity contribution in [1.29, 1.82) is 0 Å². The van der Waals surface area contributed by atoms with Crippen molar-refractivity contribution >= 4 is 22.7 Å². The van der Waals surface area contributed by atoms with Crippen molar-refractivity contribution in [3.63, 3.8) is 0 Å². The first-order valence-corrected chi connectivity index (χ1v) is 9.65. The first-order chi connectivity index (χ1) is 10.3. The summed E-state index contributed by atoms with van der Waals surface area (Å²) in [7, 11) is 0. The zero-order valence-corrected chi connectivity index (χ0v) is 14.3. The Morgan fingerprint density at radius 1 is 1.24 bits per heavy atom. The van der Waals surface area contributed by atoms with E-state index in [-0.39, 0.29) is 0 Å². The number of hydrogen-bond donors (Lipinski definition) is 1. The molecule has 3 heterocycles. The van der Waals surface area contributed by atoms with E-state index in [1.54, 1.807) is 0 Å². The maximum absolute atomic E-state index is 3.63. The fraction of sp³-hybridized carbons (Fsp3) is 0.529. The van der Waals surface area contributed by atoms with Gasteiger partial charge in [-0.25, -0.2) is 0 Å². The Hall–Kier alpha value is -0.680. The Labute approximate surface area is 135 Å². The fourth-order valence-corrected chi connectivity index (χ4v) is 4.58. The average Bonchev–Trinajstić information content (AvgIpc) is 3.19. The van der Waals surface area contributed by atoms with Gasteiger partial charge in [0.1, 0.15) is 0 Å². The van der Waals surface area contributed by atoms with Crippen LogP contribution < -0.4 is 5.32 Å². The molecule has 114 valence electrons. The molecule has 1 aliphatic heterocycles. The molecule has 4 heteroatoms. The molecule has 1 saturated heterocycles. The summed E-state index contributed by atoms with van der Waals surface area (Å²) >= 11 is 3.68. The van der Waals surface area contributed by atoms with Crippen molar-refractivity contribution in [3.05, 3.63) is 33.8 Å². The second-order valence-corrected chi connectivity index (χ2v) is 7.80. The summed E-state index contributed by atoms with van der Waals surface area (Å²) in [6.07, 6.45) is 4.16. The van der Waals surface area contributed by atoms with Crippen LogP contribution in [0.15, 0.2) is 29.0 Å². The van der Waals surface area contributed by atoms with Crippen molar-refractivity contribution in [2.75, 3.05) is 19.6 Å². The van der Waals surface area contributed by atoms with Gasteiger partial charge in [-0.2, -0.15) is 0 Å². The van der Waals surface area contributed by atoms with E-state index < -0.39 is 0 Å². The summed E-state index contributed by atoms with van der Waals surface area (Å²) < 4.78 is 0. The fourth-order valence-electron chi connectivity index (χ4n) is 2.94. The van der Waals surface area contributed by atoms with Gasteiger partial charge in [-0.3, -0.25) is 4.90 Å². The molecule has 1 aliphatic rings. The highest BCUT2D eigenvalue weighted by atomic mass is 32.1. The van der Waals surface area contributed by atoms with Crippen molar-refractivity contribution in [2.24, 2.45) is 0 Å². The van der Waals surface area contributed by atoms with E-state index in [2.05, 4.69) is 46.1 Å². The van der Waals surface area contributed by atoms with Crippen LogP contribution in [0.3, 0.4) is 0 Å². The van der Waals surface area contributed by atoms with E-state index >= 15 is 0 Å². The third kappa shape index (κ3) is 4.16. The van der Waals surface area contributed by atoms with Crippen LogP contribution in [0.4, 0.5) is 0 Å². The van der Waals surface area contributed by atoms with Crippen LogP contribution in [0.5, 0.6) is 0 Å². The standard InChI is InChI=1S/C17H24N2S2/c1-14(19-7-3-2-4-8-19)11-18-12-16-10-15(13-21-16)17-6-5-9-20-17/h5-6,9-10,13-14,18H,2-4,7-8,11-12H2,1H3. The monoisotopic (exact) mass is 320 g/mol. The summed E-state index contributed by atoms with van der Waals surface area (Å²) in [6.45, 7) is 7.00. The number of piperidine rings is 1. The smallest absolute Gasteiger partial charge is 0.0351 e. The van der Waals surface area contributed by atoms with Crippen LogP contribution in [0.2, 0.25) is 0 Å². The highest BCUT2D eigenvalue weighted by molar-refractivity contribution is 7.14. The third-order valence-electron chi connectivity index (χ3n) is 4.21. The van der Waals surface area contributed by atoms with Gasteiger partial charge < -0.3 is 5.32 Å². The van der Waals surface area contributed by atoms with Gasteiger partial charge in [0.2, 0.25) is 0 Å². The van der Waals surface area contributed by atoms with E-state index in [1.165, 1.54) is 47.7 Å². The molecule has 0 spiro atoms. The quantitative estimate of drug-likeness (QED) is 0.846. The Morgan fingerprint density at radius 3 is 2.86 bits per heavy atom. The Kier molecular flexibility index (Phi) is 5.47. The maximum atomic E-state index is 3.63. The SMILES string of the molecule is CC(CNCc1cc(-c2cccs2)cs1)N1CCCCC1. The van der Waals surface area contributed by atoms with E-state index in [0.717, 1.165) is 13.1 Å². The molecule has 0 radical (unpaired) electrons. The zero-order valence-electron chi connectivity index (χ0n) is 12.7. The van der Waals surface area contributed by atoms with E-state index in [4.69, 9.17) is 0 Å². The molecule has 0 saturated carbocycles. The van der Waals surface area contributed by atoms with Crippen molar-refractivity contribution in [2.45, 2.75) is 38.8 Å². The molecule has 0 aliphatic carbocycles. The van der Waals surface area contributed by atoms with Crippen molar-refractivity contribution in [3.8, 4) is 10.4 Å². The van der Waals surface area contributed by atoms with E-state index in [1.807, 2.05) is 22.7 Å². The van der Waals surface area contributed by atoms with Crippen molar-refractivity contribution in [1.82, 2.24) is 10.2 Å². The van der Waals surface area contributed by atoms with Crippen LogP contribution >= 0.6 is 22.7 Å². The Morgan fingerprint density at radius 2 is 2.10 bits per heavy atom. The zero-order chi connectivity index (χ0) is 14.5. The minimum atomic E-state index is 0.655. The largest absolute Gasteiger partial charge is 0.310 e. The molecule has 2 nitrogen and oxygen atoms in total. The molecular weight excluding hydrogens is 296 g/mol. The molecule has 0 amide bonds. The highest BCUT2D eigenvalue weighted by Crippen LogP contribution is 2.29. The minimum Gasteiger partial charge on any atom is -0.310 e. The second-order valence-electron chi connectivity index (χ2n) is 5.86. The number of likely N-dealkylation sites (tertiary alicyclic amines) is 1. The average molecular weight is 321 g/mol. The van der Waals surface area contributed by atoms with Crippen LogP contribution in [0.1, 0.15) is 31.1 Å². The van der Waals surface area contributed by atoms with Gasteiger partial charge in [0, 0.05) is 34.4 Å². The Balaban J connectivity index is 1.45. The highest BCUT2D eigenvalue weighted by Gasteiger charge is 2.16.